The van der Waals surface area contributed by atoms with Crippen molar-refractivity contribution in [3.05, 3.63) is 70.4 Å². The summed E-state index contributed by atoms with van der Waals surface area (Å²) in [5.74, 6) is -0.231. The van der Waals surface area contributed by atoms with Gasteiger partial charge in [-0.3, -0.25) is 0 Å². The molecule has 0 spiro atoms. The Morgan fingerprint density at radius 2 is 1.95 bits per heavy atom. The van der Waals surface area contributed by atoms with Gasteiger partial charge in [0.2, 0.25) is 0 Å². The van der Waals surface area contributed by atoms with Gasteiger partial charge >= 0.3 is 0 Å². The highest BCUT2D eigenvalue weighted by atomic mass is 32.1. The Balaban J connectivity index is 2.10. The van der Waals surface area contributed by atoms with Crippen LogP contribution in [-0.4, -0.2) is 0 Å². The molecule has 0 aliphatic heterocycles. The van der Waals surface area contributed by atoms with Crippen molar-refractivity contribution in [2.24, 2.45) is 5.73 Å². The predicted octanol–water partition coefficient (Wildman–Crippen LogP) is 4.40. The molecule has 0 saturated heterocycles. The van der Waals surface area contributed by atoms with Crippen LogP contribution in [0.1, 0.15) is 22.7 Å². The van der Waals surface area contributed by atoms with Gasteiger partial charge < -0.3 is 5.73 Å². The molecule has 96 valence electrons. The smallest absolute Gasteiger partial charge is 0.123 e. The molecule has 0 fully saturated rings. The molecule has 0 bridgehead atoms. The Labute approximate surface area is 115 Å². The van der Waals surface area contributed by atoms with Crippen molar-refractivity contribution in [1.82, 2.24) is 0 Å². The number of hydrogen-bond donors (Lipinski definition) is 1. The van der Waals surface area contributed by atoms with E-state index in [0.29, 0.717) is 0 Å². The van der Waals surface area contributed by atoms with E-state index in [0.717, 1.165) is 22.1 Å². The first-order valence-corrected chi connectivity index (χ1v) is 7.02. The fourth-order valence-corrected chi connectivity index (χ4v) is 3.36. The first kappa shape index (κ1) is 12.3. The van der Waals surface area contributed by atoms with Crippen LogP contribution in [0.4, 0.5) is 4.39 Å². The average molecular weight is 271 g/mol. The van der Waals surface area contributed by atoms with Gasteiger partial charge in [0.05, 0.1) is 6.04 Å². The van der Waals surface area contributed by atoms with E-state index in [1.165, 1.54) is 16.8 Å². The standard InChI is InChI=1S/C16H14FNS/c1-10-6-11(8-12(17)7-10)16(18)14-9-19-15-5-3-2-4-13(14)15/h2-9,16H,18H2,1H3. The van der Waals surface area contributed by atoms with E-state index in [9.17, 15) is 4.39 Å². The Morgan fingerprint density at radius 3 is 2.74 bits per heavy atom. The summed E-state index contributed by atoms with van der Waals surface area (Å²) in [7, 11) is 0. The van der Waals surface area contributed by atoms with Crippen molar-refractivity contribution >= 4 is 21.4 Å². The van der Waals surface area contributed by atoms with Gasteiger partial charge in [-0.2, -0.15) is 0 Å². The van der Waals surface area contributed by atoms with E-state index in [2.05, 4.69) is 17.5 Å². The number of thiophene rings is 1. The second-order valence-corrected chi connectivity index (χ2v) is 5.64. The highest BCUT2D eigenvalue weighted by Gasteiger charge is 2.14. The highest BCUT2D eigenvalue weighted by Crippen LogP contribution is 2.32. The van der Waals surface area contributed by atoms with Crippen molar-refractivity contribution in [3.8, 4) is 0 Å². The number of rotatable bonds is 2. The number of nitrogens with two attached hydrogens (primary N) is 1. The molecule has 1 unspecified atom stereocenters. The van der Waals surface area contributed by atoms with Gasteiger partial charge in [0.1, 0.15) is 5.82 Å². The molecule has 1 nitrogen and oxygen atoms in total. The first-order valence-electron chi connectivity index (χ1n) is 6.14. The van der Waals surface area contributed by atoms with Gasteiger partial charge in [-0.25, -0.2) is 4.39 Å². The Bertz CT molecular complexity index is 712. The quantitative estimate of drug-likeness (QED) is 0.734. The molecule has 0 amide bonds. The third-order valence-electron chi connectivity index (χ3n) is 3.27. The number of fused-ring (bicyclic) bond motifs is 1. The molecule has 0 radical (unpaired) electrons. The SMILES string of the molecule is Cc1cc(F)cc(C(N)c2csc3ccccc23)c1. The molecule has 0 aliphatic carbocycles. The minimum atomic E-state index is -0.287. The molecule has 0 aliphatic rings. The van der Waals surface area contributed by atoms with Crippen LogP contribution in [0.5, 0.6) is 0 Å². The molecular weight excluding hydrogens is 257 g/mol. The molecule has 19 heavy (non-hydrogen) atoms. The van der Waals surface area contributed by atoms with Crippen LogP contribution < -0.4 is 5.73 Å². The first-order chi connectivity index (χ1) is 9.15. The lowest BCUT2D eigenvalue weighted by atomic mass is 9.97. The molecule has 2 aromatic carbocycles. The molecule has 0 saturated carbocycles. The predicted molar refractivity (Wildman–Crippen MR) is 79.0 cm³/mol. The van der Waals surface area contributed by atoms with E-state index < -0.39 is 0 Å². The second-order valence-electron chi connectivity index (χ2n) is 4.73. The zero-order valence-corrected chi connectivity index (χ0v) is 11.4. The maximum atomic E-state index is 13.5. The molecule has 3 aromatic rings. The summed E-state index contributed by atoms with van der Waals surface area (Å²) in [6.45, 7) is 1.88. The van der Waals surface area contributed by atoms with Gasteiger partial charge in [0.25, 0.3) is 0 Å². The van der Waals surface area contributed by atoms with E-state index in [-0.39, 0.29) is 11.9 Å². The van der Waals surface area contributed by atoms with Crippen LogP contribution in [0, 0.1) is 12.7 Å². The summed E-state index contributed by atoms with van der Waals surface area (Å²) in [5, 5.41) is 3.22. The molecule has 3 rings (SSSR count). The van der Waals surface area contributed by atoms with E-state index in [1.807, 2.05) is 25.1 Å². The largest absolute Gasteiger partial charge is 0.320 e. The molecule has 1 heterocycles. The molecule has 3 heteroatoms. The zero-order chi connectivity index (χ0) is 13.4. The lowest BCUT2D eigenvalue weighted by Crippen LogP contribution is -2.11. The third-order valence-corrected chi connectivity index (χ3v) is 4.25. The summed E-state index contributed by atoms with van der Waals surface area (Å²) < 4.78 is 14.7. The van der Waals surface area contributed by atoms with Crippen LogP contribution in [0.2, 0.25) is 0 Å². The van der Waals surface area contributed by atoms with Gasteiger partial charge in [-0.1, -0.05) is 24.3 Å². The van der Waals surface area contributed by atoms with Gasteiger partial charge in [0, 0.05) is 4.70 Å². The topological polar surface area (TPSA) is 26.0 Å². The second kappa shape index (κ2) is 4.76. The van der Waals surface area contributed by atoms with E-state index >= 15 is 0 Å². The molecule has 1 atom stereocenters. The average Bonchev–Trinajstić information content (AvgIpc) is 2.80. The number of hydrogen-bond acceptors (Lipinski definition) is 2. The van der Waals surface area contributed by atoms with Crippen molar-refractivity contribution < 1.29 is 4.39 Å². The van der Waals surface area contributed by atoms with Crippen LogP contribution in [0.3, 0.4) is 0 Å². The van der Waals surface area contributed by atoms with Gasteiger partial charge in [-0.05, 0) is 52.6 Å². The normalized spacial score (nSPS) is 12.8. The summed E-state index contributed by atoms with van der Waals surface area (Å²) in [4.78, 5) is 0. The fourth-order valence-electron chi connectivity index (χ4n) is 2.36. The third kappa shape index (κ3) is 2.27. The maximum Gasteiger partial charge on any atom is 0.123 e. The monoisotopic (exact) mass is 271 g/mol. The summed E-state index contributed by atoms with van der Waals surface area (Å²) in [6, 6.07) is 12.8. The van der Waals surface area contributed by atoms with Crippen molar-refractivity contribution in [3.63, 3.8) is 0 Å². The van der Waals surface area contributed by atoms with Gasteiger partial charge in [0.15, 0.2) is 0 Å². The lowest BCUT2D eigenvalue weighted by molar-refractivity contribution is 0.622. The van der Waals surface area contributed by atoms with Crippen molar-refractivity contribution in [1.29, 1.82) is 0 Å². The zero-order valence-electron chi connectivity index (χ0n) is 10.6. The highest BCUT2D eigenvalue weighted by molar-refractivity contribution is 7.17. The Hall–Kier alpha value is -1.71. The van der Waals surface area contributed by atoms with Crippen LogP contribution in [0.25, 0.3) is 10.1 Å². The minimum Gasteiger partial charge on any atom is -0.320 e. The van der Waals surface area contributed by atoms with E-state index in [4.69, 9.17) is 5.73 Å². The van der Waals surface area contributed by atoms with Crippen LogP contribution >= 0.6 is 11.3 Å². The summed E-state index contributed by atoms with van der Waals surface area (Å²) >= 11 is 1.67. The number of aryl methyl sites for hydroxylation is 1. The maximum absolute atomic E-state index is 13.5. The molecule has 2 N–H and O–H groups in total. The molecule has 1 aromatic heterocycles. The van der Waals surface area contributed by atoms with Gasteiger partial charge in [-0.15, -0.1) is 11.3 Å². The Morgan fingerprint density at radius 1 is 1.16 bits per heavy atom. The number of halogens is 1. The number of benzene rings is 2. The summed E-state index contributed by atoms with van der Waals surface area (Å²) in [5.41, 5.74) is 9.08. The minimum absolute atomic E-state index is 0.231. The Kier molecular flexibility index (Phi) is 3.09. The summed E-state index contributed by atoms with van der Waals surface area (Å²) in [6.07, 6.45) is 0. The molecular formula is C16H14FNS. The van der Waals surface area contributed by atoms with Crippen LogP contribution in [0.15, 0.2) is 47.8 Å². The lowest BCUT2D eigenvalue weighted by Gasteiger charge is -2.12. The van der Waals surface area contributed by atoms with Crippen molar-refractivity contribution in [2.45, 2.75) is 13.0 Å². The van der Waals surface area contributed by atoms with E-state index in [1.54, 1.807) is 11.3 Å². The van der Waals surface area contributed by atoms with Crippen LogP contribution in [-0.2, 0) is 0 Å². The van der Waals surface area contributed by atoms with Crippen molar-refractivity contribution in [2.75, 3.05) is 0 Å². The fraction of sp³-hybridized carbons (Fsp3) is 0.125.